The minimum atomic E-state index is -0.245. The van der Waals surface area contributed by atoms with Crippen LogP contribution in [-0.4, -0.2) is 47.3 Å². The normalized spacial score (nSPS) is 10.3. The molecule has 0 radical (unpaired) electrons. The predicted molar refractivity (Wildman–Crippen MR) is 58.8 cm³/mol. The second-order valence-corrected chi connectivity index (χ2v) is 3.86. The lowest BCUT2D eigenvalue weighted by molar-refractivity contribution is 0.0690. The van der Waals surface area contributed by atoms with E-state index in [0.717, 1.165) is 0 Å². The number of carbonyl (C=O) groups is 1. The Kier molecular flexibility index (Phi) is 4.54. The minimum Gasteiger partial charge on any atom is -0.397 e. The van der Waals surface area contributed by atoms with Gasteiger partial charge in [-0.15, -0.1) is 11.3 Å². The van der Waals surface area contributed by atoms with E-state index in [-0.39, 0.29) is 32.2 Å². The number of rotatable bonds is 5. The summed E-state index contributed by atoms with van der Waals surface area (Å²) in [4.78, 5) is 13.7. The van der Waals surface area contributed by atoms with Gasteiger partial charge in [-0.25, -0.2) is 0 Å². The molecule has 1 aromatic rings. The highest BCUT2D eigenvalue weighted by atomic mass is 32.1. The molecule has 84 valence electrons. The molecule has 15 heavy (non-hydrogen) atoms. The number of aliphatic hydroxyl groups is 2. The van der Waals surface area contributed by atoms with Crippen LogP contribution >= 0.6 is 11.3 Å². The molecule has 0 saturated heterocycles. The van der Waals surface area contributed by atoms with Crippen molar-refractivity contribution in [3.05, 3.63) is 16.3 Å². The highest BCUT2D eigenvalue weighted by molar-refractivity contribution is 7.12. The lowest BCUT2D eigenvalue weighted by Gasteiger charge is -2.19. The summed E-state index contributed by atoms with van der Waals surface area (Å²) in [6, 6.07) is 1.66. The number of nitrogen functional groups attached to an aromatic ring is 1. The number of thiophene rings is 1. The largest absolute Gasteiger partial charge is 0.397 e. The lowest BCUT2D eigenvalue weighted by atomic mass is 10.3. The van der Waals surface area contributed by atoms with E-state index in [2.05, 4.69) is 0 Å². The summed E-state index contributed by atoms with van der Waals surface area (Å²) < 4.78 is 0. The van der Waals surface area contributed by atoms with E-state index in [1.54, 1.807) is 11.4 Å². The van der Waals surface area contributed by atoms with E-state index in [1.165, 1.54) is 16.2 Å². The number of hydrogen-bond donors (Lipinski definition) is 3. The summed E-state index contributed by atoms with van der Waals surface area (Å²) >= 11 is 1.26. The van der Waals surface area contributed by atoms with E-state index in [9.17, 15) is 4.79 Å². The molecule has 1 heterocycles. The quantitative estimate of drug-likeness (QED) is 0.651. The summed E-state index contributed by atoms with van der Waals surface area (Å²) in [5.41, 5.74) is 6.05. The van der Waals surface area contributed by atoms with Crippen LogP contribution in [0.25, 0.3) is 0 Å². The molecule has 0 unspecified atom stereocenters. The SMILES string of the molecule is Nc1ccsc1C(=O)N(CCO)CCO. The molecular formula is C9H14N2O3S. The molecule has 0 aromatic carbocycles. The van der Waals surface area contributed by atoms with E-state index in [4.69, 9.17) is 15.9 Å². The van der Waals surface area contributed by atoms with E-state index in [0.29, 0.717) is 10.6 Å². The Morgan fingerprint density at radius 2 is 2.00 bits per heavy atom. The number of nitrogens with two attached hydrogens (primary N) is 1. The second-order valence-electron chi connectivity index (χ2n) is 2.94. The smallest absolute Gasteiger partial charge is 0.266 e. The number of anilines is 1. The van der Waals surface area contributed by atoms with Crippen molar-refractivity contribution in [1.29, 1.82) is 0 Å². The first-order valence-electron chi connectivity index (χ1n) is 4.54. The monoisotopic (exact) mass is 230 g/mol. The highest BCUT2D eigenvalue weighted by Crippen LogP contribution is 2.20. The summed E-state index contributed by atoms with van der Waals surface area (Å²) in [7, 11) is 0. The van der Waals surface area contributed by atoms with Crippen molar-refractivity contribution >= 4 is 22.9 Å². The summed E-state index contributed by atoms with van der Waals surface area (Å²) in [6.45, 7) is 0.154. The van der Waals surface area contributed by atoms with Gasteiger partial charge in [0.2, 0.25) is 0 Å². The molecule has 0 fully saturated rings. The van der Waals surface area contributed by atoms with Crippen LogP contribution in [0, 0.1) is 0 Å². The highest BCUT2D eigenvalue weighted by Gasteiger charge is 2.18. The van der Waals surface area contributed by atoms with E-state index < -0.39 is 0 Å². The van der Waals surface area contributed by atoms with Crippen molar-refractivity contribution in [2.45, 2.75) is 0 Å². The summed E-state index contributed by atoms with van der Waals surface area (Å²) in [5, 5.41) is 19.3. The fraction of sp³-hybridized carbons (Fsp3) is 0.444. The van der Waals surface area contributed by atoms with Gasteiger partial charge in [-0.1, -0.05) is 0 Å². The Labute approximate surface area is 91.7 Å². The zero-order valence-corrected chi connectivity index (χ0v) is 9.04. The van der Waals surface area contributed by atoms with Gasteiger partial charge in [0.05, 0.1) is 18.9 Å². The van der Waals surface area contributed by atoms with E-state index in [1.807, 2.05) is 0 Å². The average molecular weight is 230 g/mol. The molecule has 0 atom stereocenters. The van der Waals surface area contributed by atoms with Crippen molar-refractivity contribution in [2.75, 3.05) is 32.0 Å². The third kappa shape index (κ3) is 2.92. The average Bonchev–Trinajstić information content (AvgIpc) is 2.63. The molecule has 0 spiro atoms. The number of nitrogens with zero attached hydrogens (tertiary/aromatic N) is 1. The Morgan fingerprint density at radius 1 is 1.40 bits per heavy atom. The summed E-state index contributed by atoms with van der Waals surface area (Å²) in [6.07, 6.45) is 0. The fourth-order valence-electron chi connectivity index (χ4n) is 1.19. The van der Waals surface area contributed by atoms with Crippen LogP contribution in [0.2, 0.25) is 0 Å². The van der Waals surface area contributed by atoms with Crippen LogP contribution in [-0.2, 0) is 0 Å². The van der Waals surface area contributed by atoms with Crippen molar-refractivity contribution in [2.24, 2.45) is 0 Å². The number of carbonyl (C=O) groups excluding carboxylic acids is 1. The Hall–Kier alpha value is -1.11. The molecule has 6 heteroatoms. The molecule has 4 N–H and O–H groups in total. The Morgan fingerprint density at radius 3 is 2.40 bits per heavy atom. The maximum Gasteiger partial charge on any atom is 0.266 e. The van der Waals surface area contributed by atoms with Crippen LogP contribution in [0.4, 0.5) is 5.69 Å². The molecule has 1 amide bonds. The number of amides is 1. The van der Waals surface area contributed by atoms with Crippen molar-refractivity contribution < 1.29 is 15.0 Å². The van der Waals surface area contributed by atoms with E-state index >= 15 is 0 Å². The van der Waals surface area contributed by atoms with Gasteiger partial charge in [-0.2, -0.15) is 0 Å². The van der Waals surface area contributed by atoms with Crippen LogP contribution in [0.5, 0.6) is 0 Å². The zero-order valence-electron chi connectivity index (χ0n) is 8.22. The third-order valence-electron chi connectivity index (χ3n) is 1.92. The topological polar surface area (TPSA) is 86.8 Å². The second kappa shape index (κ2) is 5.69. The van der Waals surface area contributed by atoms with Crippen LogP contribution in [0.1, 0.15) is 9.67 Å². The molecule has 0 aliphatic rings. The molecule has 1 rings (SSSR count). The minimum absolute atomic E-state index is 0.128. The Balaban J connectivity index is 2.76. The van der Waals surface area contributed by atoms with Gasteiger partial charge in [0.15, 0.2) is 0 Å². The fourth-order valence-corrected chi connectivity index (χ4v) is 1.98. The first-order chi connectivity index (χ1) is 7.20. The number of hydrogen-bond acceptors (Lipinski definition) is 5. The van der Waals surface area contributed by atoms with Gasteiger partial charge >= 0.3 is 0 Å². The van der Waals surface area contributed by atoms with Crippen LogP contribution < -0.4 is 5.73 Å². The van der Waals surface area contributed by atoms with Crippen molar-refractivity contribution in [1.82, 2.24) is 4.90 Å². The molecule has 5 nitrogen and oxygen atoms in total. The van der Waals surface area contributed by atoms with Gasteiger partial charge in [0.1, 0.15) is 4.88 Å². The molecule has 0 aliphatic heterocycles. The summed E-state index contributed by atoms with van der Waals surface area (Å²) in [5.74, 6) is -0.245. The third-order valence-corrected chi connectivity index (χ3v) is 2.84. The van der Waals surface area contributed by atoms with Gasteiger partial charge in [-0.05, 0) is 11.4 Å². The van der Waals surface area contributed by atoms with Crippen LogP contribution in [0.3, 0.4) is 0 Å². The molecule has 0 aliphatic carbocycles. The van der Waals surface area contributed by atoms with Gasteiger partial charge in [0.25, 0.3) is 5.91 Å². The molecular weight excluding hydrogens is 216 g/mol. The maximum absolute atomic E-state index is 11.8. The van der Waals surface area contributed by atoms with Crippen LogP contribution in [0.15, 0.2) is 11.4 Å². The van der Waals surface area contributed by atoms with Gasteiger partial charge < -0.3 is 20.8 Å². The predicted octanol–water partition coefficient (Wildman–Crippen LogP) is -0.243. The maximum atomic E-state index is 11.8. The standard InChI is InChI=1S/C9H14N2O3S/c10-7-1-6-15-8(7)9(14)11(2-4-12)3-5-13/h1,6,12-13H,2-5,10H2. The number of aliphatic hydroxyl groups excluding tert-OH is 2. The lowest BCUT2D eigenvalue weighted by Crippen LogP contribution is -2.35. The molecule has 0 bridgehead atoms. The molecule has 0 saturated carbocycles. The first kappa shape index (κ1) is 12.0. The molecule has 1 aromatic heterocycles. The van der Waals surface area contributed by atoms with Gasteiger partial charge in [-0.3, -0.25) is 4.79 Å². The van der Waals surface area contributed by atoms with Crippen molar-refractivity contribution in [3.63, 3.8) is 0 Å². The van der Waals surface area contributed by atoms with Crippen molar-refractivity contribution in [3.8, 4) is 0 Å². The van der Waals surface area contributed by atoms with Gasteiger partial charge in [0, 0.05) is 13.1 Å². The zero-order chi connectivity index (χ0) is 11.3. The Bertz CT molecular complexity index is 321. The first-order valence-corrected chi connectivity index (χ1v) is 5.42.